The van der Waals surface area contributed by atoms with Crippen LogP contribution in [-0.2, 0) is 17.6 Å². The number of carbonyl (C=O) groups excluding carboxylic acids is 2. The highest BCUT2D eigenvalue weighted by molar-refractivity contribution is 7.17. The third-order valence-corrected chi connectivity index (χ3v) is 8.72. The predicted molar refractivity (Wildman–Crippen MR) is 144 cm³/mol. The van der Waals surface area contributed by atoms with E-state index < -0.39 is 0 Å². The third-order valence-electron chi connectivity index (χ3n) is 7.51. The molecule has 2 aromatic heterocycles. The molecule has 0 radical (unpaired) electrons. The number of nitrogens with zero attached hydrogens (tertiary/aromatic N) is 3. The quantitative estimate of drug-likeness (QED) is 0.496. The van der Waals surface area contributed by atoms with Crippen molar-refractivity contribution in [1.82, 2.24) is 15.3 Å². The van der Waals surface area contributed by atoms with Gasteiger partial charge in [-0.3, -0.25) is 9.59 Å². The molecule has 1 saturated heterocycles. The van der Waals surface area contributed by atoms with Gasteiger partial charge in [-0.2, -0.15) is 0 Å². The van der Waals surface area contributed by atoms with Crippen LogP contribution in [0.4, 0.5) is 5.69 Å². The van der Waals surface area contributed by atoms with Crippen molar-refractivity contribution in [3.8, 4) is 10.4 Å². The molecule has 3 aromatic rings. The SMILES string of the molecule is O=C(NC1CC1)c1cc2c(s1)-c1ccccc1N(C(=O)c1ccnc(CCC3CCCOCC3)n1)CC2. The van der Waals surface area contributed by atoms with E-state index in [0.29, 0.717) is 30.6 Å². The number of ether oxygens (including phenoxy) is 1. The van der Waals surface area contributed by atoms with Gasteiger partial charge in [0.2, 0.25) is 0 Å². The van der Waals surface area contributed by atoms with Crippen molar-refractivity contribution >= 4 is 28.8 Å². The Hall–Kier alpha value is -3.10. The highest BCUT2D eigenvalue weighted by Crippen LogP contribution is 2.42. The fourth-order valence-corrected chi connectivity index (χ4v) is 6.42. The number of aryl methyl sites for hydroxylation is 1. The Morgan fingerprint density at radius 1 is 1.11 bits per heavy atom. The zero-order valence-electron chi connectivity index (χ0n) is 20.9. The van der Waals surface area contributed by atoms with Gasteiger partial charge >= 0.3 is 0 Å². The maximum atomic E-state index is 13.8. The first-order valence-corrected chi connectivity index (χ1v) is 14.2. The highest BCUT2D eigenvalue weighted by atomic mass is 32.1. The van der Waals surface area contributed by atoms with Crippen LogP contribution in [0.5, 0.6) is 0 Å². The lowest BCUT2D eigenvalue weighted by molar-refractivity contribution is 0.0952. The molecular weight excluding hydrogens is 484 g/mol. The predicted octanol–water partition coefficient (Wildman–Crippen LogP) is 5.05. The van der Waals surface area contributed by atoms with Crippen LogP contribution in [0.3, 0.4) is 0 Å². The lowest BCUT2D eigenvalue weighted by atomic mass is 9.95. The number of fused-ring (bicyclic) bond motifs is 3. The standard InChI is InChI=1S/C29H32N4O3S/c34-28(31-21-8-9-21)25-18-20-12-15-33(24-6-2-1-5-22(24)27(20)37-25)29(35)23-11-14-30-26(32-23)10-7-19-4-3-16-36-17-13-19/h1-2,5-6,11,14,18-19,21H,3-4,7-10,12-13,15-17H2,(H,31,34). The molecule has 0 spiro atoms. The van der Waals surface area contributed by atoms with Crippen molar-refractivity contribution in [2.24, 2.45) is 5.92 Å². The number of anilines is 1. The van der Waals surface area contributed by atoms with Gasteiger partial charge in [0.1, 0.15) is 11.5 Å². The van der Waals surface area contributed by atoms with E-state index >= 15 is 0 Å². The van der Waals surface area contributed by atoms with E-state index in [-0.39, 0.29) is 11.8 Å². The monoisotopic (exact) mass is 516 g/mol. The Balaban J connectivity index is 1.21. The molecule has 1 N–H and O–H groups in total. The lowest BCUT2D eigenvalue weighted by Gasteiger charge is -2.22. The van der Waals surface area contributed by atoms with Crippen molar-refractivity contribution in [2.75, 3.05) is 24.7 Å². The van der Waals surface area contributed by atoms with Crippen LogP contribution < -0.4 is 10.2 Å². The molecule has 2 fully saturated rings. The van der Waals surface area contributed by atoms with Gasteiger partial charge in [0.05, 0.1) is 10.6 Å². The zero-order chi connectivity index (χ0) is 25.2. The molecule has 3 aliphatic rings. The topological polar surface area (TPSA) is 84.4 Å². The van der Waals surface area contributed by atoms with Crippen LogP contribution in [0.15, 0.2) is 42.6 Å². The minimum absolute atomic E-state index is 0.0101. The number of hydrogen-bond donors (Lipinski definition) is 1. The molecule has 8 heteroatoms. The second-order valence-electron chi connectivity index (χ2n) is 10.2. The fraction of sp³-hybridized carbons (Fsp3) is 0.448. The molecule has 2 amide bonds. The van der Waals surface area contributed by atoms with E-state index in [1.807, 2.05) is 35.2 Å². The van der Waals surface area contributed by atoms with Crippen LogP contribution >= 0.6 is 11.3 Å². The van der Waals surface area contributed by atoms with Gasteiger partial charge in [0.15, 0.2) is 0 Å². The van der Waals surface area contributed by atoms with Crippen LogP contribution in [0.1, 0.15) is 70.1 Å². The third kappa shape index (κ3) is 5.45. The summed E-state index contributed by atoms with van der Waals surface area (Å²) in [6, 6.07) is 12.0. The molecule has 4 heterocycles. The molecule has 192 valence electrons. The zero-order valence-corrected chi connectivity index (χ0v) is 21.8. The van der Waals surface area contributed by atoms with Crippen molar-refractivity contribution in [2.45, 2.75) is 57.4 Å². The average Bonchev–Trinajstić information content (AvgIpc) is 3.71. The number of aromatic nitrogens is 2. The van der Waals surface area contributed by atoms with Crippen molar-refractivity contribution in [3.63, 3.8) is 0 Å². The number of amides is 2. The molecule has 37 heavy (non-hydrogen) atoms. The van der Waals surface area contributed by atoms with Crippen molar-refractivity contribution in [1.29, 1.82) is 0 Å². The maximum Gasteiger partial charge on any atom is 0.277 e. The smallest absolute Gasteiger partial charge is 0.277 e. The van der Waals surface area contributed by atoms with Crippen molar-refractivity contribution < 1.29 is 14.3 Å². The first kappa shape index (κ1) is 24.2. The van der Waals surface area contributed by atoms with Gasteiger partial charge in [-0.15, -0.1) is 11.3 Å². The Kier molecular flexibility index (Phi) is 7.02. The molecule has 6 rings (SSSR count). The van der Waals surface area contributed by atoms with Crippen LogP contribution in [-0.4, -0.2) is 47.6 Å². The lowest BCUT2D eigenvalue weighted by Crippen LogP contribution is -2.33. The summed E-state index contributed by atoms with van der Waals surface area (Å²) in [5.41, 5.74) is 3.40. The molecule has 1 unspecified atom stereocenters. The van der Waals surface area contributed by atoms with Gasteiger partial charge in [-0.1, -0.05) is 18.2 Å². The normalized spacial score (nSPS) is 19.4. The van der Waals surface area contributed by atoms with Crippen LogP contribution in [0.25, 0.3) is 10.4 Å². The van der Waals surface area contributed by atoms with E-state index in [1.165, 1.54) is 17.8 Å². The number of hydrogen-bond acceptors (Lipinski definition) is 6. The van der Waals surface area contributed by atoms with Crippen molar-refractivity contribution in [3.05, 3.63) is 64.6 Å². The second kappa shape index (κ2) is 10.7. The Morgan fingerprint density at radius 2 is 2.00 bits per heavy atom. The number of nitrogens with one attached hydrogen (secondary N) is 1. The Bertz CT molecular complexity index is 1290. The summed E-state index contributed by atoms with van der Waals surface area (Å²) in [4.78, 5) is 39.2. The fourth-order valence-electron chi connectivity index (χ4n) is 5.27. The molecule has 0 bridgehead atoms. The summed E-state index contributed by atoms with van der Waals surface area (Å²) < 4.78 is 5.59. The number of benzene rings is 1. The van der Waals surface area contributed by atoms with Gasteiger partial charge in [0.25, 0.3) is 11.8 Å². The van der Waals surface area contributed by atoms with Gasteiger partial charge < -0.3 is 15.0 Å². The summed E-state index contributed by atoms with van der Waals surface area (Å²) in [6.45, 7) is 2.22. The number of rotatable bonds is 6. The molecule has 1 saturated carbocycles. The van der Waals surface area contributed by atoms with Crippen LogP contribution in [0.2, 0.25) is 0 Å². The second-order valence-corrected chi connectivity index (χ2v) is 11.3. The minimum Gasteiger partial charge on any atom is -0.381 e. The van der Waals surface area contributed by atoms with Crippen LogP contribution in [0, 0.1) is 5.92 Å². The van der Waals surface area contributed by atoms with E-state index in [4.69, 9.17) is 4.74 Å². The molecule has 1 aliphatic carbocycles. The molecular formula is C29H32N4O3S. The summed E-state index contributed by atoms with van der Waals surface area (Å²) >= 11 is 1.52. The van der Waals surface area contributed by atoms with Gasteiger partial charge in [0, 0.05) is 48.9 Å². The number of thiophene rings is 1. The summed E-state index contributed by atoms with van der Waals surface area (Å²) in [5.74, 6) is 1.25. The summed E-state index contributed by atoms with van der Waals surface area (Å²) in [7, 11) is 0. The van der Waals surface area contributed by atoms with Gasteiger partial charge in [-0.25, -0.2) is 9.97 Å². The largest absolute Gasteiger partial charge is 0.381 e. The summed E-state index contributed by atoms with van der Waals surface area (Å²) in [6.07, 6.45) is 9.68. The molecule has 7 nitrogen and oxygen atoms in total. The van der Waals surface area contributed by atoms with E-state index in [9.17, 15) is 9.59 Å². The maximum absolute atomic E-state index is 13.8. The first-order chi connectivity index (χ1) is 18.2. The highest BCUT2D eigenvalue weighted by Gasteiger charge is 2.30. The number of carbonyl (C=O) groups is 2. The van der Waals surface area contributed by atoms with E-state index in [1.54, 1.807) is 12.3 Å². The van der Waals surface area contributed by atoms with E-state index in [0.717, 1.165) is 84.1 Å². The molecule has 1 aromatic carbocycles. The molecule has 1 atom stereocenters. The minimum atomic E-state index is -0.110. The van der Waals surface area contributed by atoms with E-state index in [2.05, 4.69) is 15.3 Å². The Labute approximate surface area is 221 Å². The Morgan fingerprint density at radius 3 is 2.89 bits per heavy atom. The first-order valence-electron chi connectivity index (χ1n) is 13.4. The number of para-hydroxylation sites is 1. The average molecular weight is 517 g/mol. The van der Waals surface area contributed by atoms with Gasteiger partial charge in [-0.05, 0) is 74.6 Å². The molecule has 2 aliphatic heterocycles. The summed E-state index contributed by atoms with van der Waals surface area (Å²) in [5, 5.41) is 3.09.